The Hall–Kier alpha value is -1.92. The van der Waals surface area contributed by atoms with E-state index in [4.69, 9.17) is 5.73 Å². The summed E-state index contributed by atoms with van der Waals surface area (Å²) in [5.74, 6) is -2.96. The summed E-state index contributed by atoms with van der Waals surface area (Å²) in [4.78, 5) is 44.5. The molecule has 0 aromatic carbocycles. The highest BCUT2D eigenvalue weighted by Crippen LogP contribution is 2.16. The highest BCUT2D eigenvalue weighted by Gasteiger charge is 2.32. The van der Waals surface area contributed by atoms with E-state index >= 15 is 0 Å². The first-order valence-corrected chi connectivity index (χ1v) is 5.30. The monoisotopic (exact) mass is 241 g/mol. The van der Waals surface area contributed by atoms with E-state index in [0.717, 1.165) is 0 Å². The van der Waals surface area contributed by atoms with E-state index in [2.05, 4.69) is 10.6 Å². The summed E-state index contributed by atoms with van der Waals surface area (Å²) in [6.07, 6.45) is 0.689. The minimum absolute atomic E-state index is 0.104. The minimum Gasteiger partial charge on any atom is -0.363 e. The van der Waals surface area contributed by atoms with Crippen LogP contribution in [0.2, 0.25) is 0 Å². The summed E-state index contributed by atoms with van der Waals surface area (Å²) in [5.41, 5.74) is 4.88. The van der Waals surface area contributed by atoms with Gasteiger partial charge >= 0.3 is 0 Å². The predicted octanol–water partition coefficient (Wildman–Crippen LogP) is -1.93. The Bertz CT molecular complexity index is 367. The van der Waals surface area contributed by atoms with Crippen LogP contribution in [0, 0.1) is 5.92 Å². The molecule has 7 nitrogen and oxygen atoms in total. The highest BCUT2D eigenvalue weighted by atomic mass is 16.2. The summed E-state index contributed by atoms with van der Waals surface area (Å²) < 4.78 is 0. The van der Waals surface area contributed by atoms with Crippen LogP contribution >= 0.6 is 0 Å². The molecule has 1 aliphatic rings. The topological polar surface area (TPSA) is 118 Å². The van der Waals surface area contributed by atoms with Crippen LogP contribution in [-0.2, 0) is 19.2 Å². The molecule has 0 radical (unpaired) electrons. The molecule has 1 aliphatic heterocycles. The molecule has 0 spiro atoms. The van der Waals surface area contributed by atoms with Gasteiger partial charge in [-0.05, 0) is 12.8 Å². The van der Waals surface area contributed by atoms with Gasteiger partial charge in [-0.1, -0.05) is 0 Å². The maximum absolute atomic E-state index is 11.5. The number of nitrogens with one attached hydrogen (secondary N) is 2. The molecule has 1 fully saturated rings. The number of nitrogens with two attached hydrogens (primary N) is 1. The zero-order chi connectivity index (χ0) is 13.0. The second kappa shape index (κ2) is 5.42. The number of carbonyl (C=O) groups excluding carboxylic acids is 4. The van der Waals surface area contributed by atoms with Gasteiger partial charge in [0, 0.05) is 19.4 Å². The van der Waals surface area contributed by atoms with Gasteiger partial charge in [0.2, 0.25) is 17.6 Å². The molecule has 4 N–H and O–H groups in total. The molecule has 1 heterocycles. The standard InChI is InChI=1S/C10H15N3O4/c1-5(14)13-7(8(15)9(11)16)4-6-2-3-12-10(6)17/h6-7H,2-4H2,1H3,(H2,11,16)(H,12,17)(H,13,14). The molecule has 17 heavy (non-hydrogen) atoms. The molecule has 1 saturated heterocycles. The van der Waals surface area contributed by atoms with E-state index in [1.54, 1.807) is 0 Å². The van der Waals surface area contributed by atoms with Crippen molar-refractivity contribution in [3.05, 3.63) is 0 Å². The first-order chi connectivity index (χ1) is 7.91. The van der Waals surface area contributed by atoms with Crippen LogP contribution < -0.4 is 16.4 Å². The molecule has 0 bridgehead atoms. The van der Waals surface area contributed by atoms with Crippen molar-refractivity contribution in [2.75, 3.05) is 6.54 Å². The maximum Gasteiger partial charge on any atom is 0.287 e. The highest BCUT2D eigenvalue weighted by molar-refractivity contribution is 6.37. The molecular formula is C10H15N3O4. The molecule has 0 aliphatic carbocycles. The third-order valence-corrected chi connectivity index (χ3v) is 2.62. The first-order valence-electron chi connectivity index (χ1n) is 5.30. The van der Waals surface area contributed by atoms with Crippen molar-refractivity contribution in [2.45, 2.75) is 25.8 Å². The lowest BCUT2D eigenvalue weighted by atomic mass is 9.95. The lowest BCUT2D eigenvalue weighted by Crippen LogP contribution is -2.46. The minimum atomic E-state index is -1.11. The fraction of sp³-hybridized carbons (Fsp3) is 0.600. The zero-order valence-electron chi connectivity index (χ0n) is 9.49. The summed E-state index contributed by atoms with van der Waals surface area (Å²) >= 11 is 0. The van der Waals surface area contributed by atoms with Crippen LogP contribution in [0.25, 0.3) is 0 Å². The second-order valence-corrected chi connectivity index (χ2v) is 3.99. The van der Waals surface area contributed by atoms with Crippen LogP contribution in [0.4, 0.5) is 0 Å². The number of rotatable bonds is 5. The number of carbonyl (C=O) groups is 4. The molecule has 1 rings (SSSR count). The lowest BCUT2D eigenvalue weighted by molar-refractivity contribution is -0.138. The second-order valence-electron chi connectivity index (χ2n) is 3.99. The van der Waals surface area contributed by atoms with Crippen molar-refractivity contribution in [1.29, 1.82) is 0 Å². The average Bonchev–Trinajstić information content (AvgIpc) is 2.61. The van der Waals surface area contributed by atoms with Crippen molar-refractivity contribution < 1.29 is 19.2 Å². The van der Waals surface area contributed by atoms with Crippen LogP contribution in [-0.4, -0.2) is 36.1 Å². The number of amides is 3. The van der Waals surface area contributed by atoms with E-state index in [0.29, 0.717) is 13.0 Å². The largest absolute Gasteiger partial charge is 0.363 e. The van der Waals surface area contributed by atoms with Crippen molar-refractivity contribution in [3.63, 3.8) is 0 Å². The maximum atomic E-state index is 11.5. The Labute approximate surface area is 98.1 Å². The van der Waals surface area contributed by atoms with Gasteiger partial charge in [-0.3, -0.25) is 19.2 Å². The Balaban J connectivity index is 2.69. The quantitative estimate of drug-likeness (QED) is 0.486. The summed E-state index contributed by atoms with van der Waals surface area (Å²) in [5, 5.41) is 4.96. The van der Waals surface area contributed by atoms with Crippen LogP contribution in [0.1, 0.15) is 19.8 Å². The zero-order valence-corrected chi connectivity index (χ0v) is 9.49. The number of hydrogen-bond acceptors (Lipinski definition) is 4. The van der Waals surface area contributed by atoms with E-state index in [9.17, 15) is 19.2 Å². The summed E-state index contributed by atoms with van der Waals surface area (Å²) in [7, 11) is 0. The molecule has 0 aromatic rings. The fourth-order valence-electron chi connectivity index (χ4n) is 1.80. The number of ketones is 1. The van der Waals surface area contributed by atoms with Crippen molar-refractivity contribution in [2.24, 2.45) is 11.7 Å². The normalized spacial score (nSPS) is 20.5. The van der Waals surface area contributed by atoms with Gasteiger partial charge in [0.25, 0.3) is 5.91 Å². The summed E-state index contributed by atoms with van der Waals surface area (Å²) in [6, 6.07) is -1.01. The van der Waals surface area contributed by atoms with Gasteiger partial charge in [-0.2, -0.15) is 0 Å². The molecule has 7 heteroatoms. The van der Waals surface area contributed by atoms with Crippen molar-refractivity contribution >= 4 is 23.5 Å². The number of Topliss-reactive ketones (excluding diaryl/α,β-unsaturated/α-hetero) is 1. The third-order valence-electron chi connectivity index (χ3n) is 2.62. The number of hydrogen-bond donors (Lipinski definition) is 3. The van der Waals surface area contributed by atoms with Crippen LogP contribution in [0.3, 0.4) is 0 Å². The third kappa shape index (κ3) is 3.54. The Morgan fingerprint density at radius 1 is 1.53 bits per heavy atom. The molecule has 3 amide bonds. The van der Waals surface area contributed by atoms with E-state index in [-0.39, 0.29) is 18.2 Å². The molecule has 0 saturated carbocycles. The Kier molecular flexibility index (Phi) is 4.19. The smallest absolute Gasteiger partial charge is 0.287 e. The van der Waals surface area contributed by atoms with E-state index in [1.807, 2.05) is 0 Å². The average molecular weight is 241 g/mol. The molecular weight excluding hydrogens is 226 g/mol. The van der Waals surface area contributed by atoms with Crippen LogP contribution in [0.5, 0.6) is 0 Å². The van der Waals surface area contributed by atoms with E-state index < -0.39 is 23.6 Å². The molecule has 2 unspecified atom stereocenters. The molecule has 94 valence electrons. The Morgan fingerprint density at radius 3 is 2.59 bits per heavy atom. The first kappa shape index (κ1) is 13.1. The lowest BCUT2D eigenvalue weighted by Gasteiger charge is -2.17. The van der Waals surface area contributed by atoms with Gasteiger partial charge in [0.1, 0.15) is 0 Å². The van der Waals surface area contributed by atoms with Gasteiger partial charge < -0.3 is 16.4 Å². The summed E-state index contributed by atoms with van der Waals surface area (Å²) in [6.45, 7) is 1.77. The number of primary amides is 1. The van der Waals surface area contributed by atoms with E-state index in [1.165, 1.54) is 6.92 Å². The van der Waals surface area contributed by atoms with Gasteiger partial charge in [0.05, 0.1) is 6.04 Å². The Morgan fingerprint density at radius 2 is 2.18 bits per heavy atom. The fourth-order valence-corrected chi connectivity index (χ4v) is 1.80. The molecule has 2 atom stereocenters. The van der Waals surface area contributed by atoms with Crippen molar-refractivity contribution in [3.8, 4) is 0 Å². The van der Waals surface area contributed by atoms with Crippen LogP contribution in [0.15, 0.2) is 0 Å². The predicted molar refractivity (Wildman–Crippen MR) is 57.5 cm³/mol. The SMILES string of the molecule is CC(=O)NC(CC1CCNC1=O)C(=O)C(N)=O. The van der Waals surface area contributed by atoms with Gasteiger partial charge in [0.15, 0.2) is 0 Å². The molecule has 0 aromatic heterocycles. The van der Waals surface area contributed by atoms with Gasteiger partial charge in [-0.25, -0.2) is 0 Å². The van der Waals surface area contributed by atoms with Gasteiger partial charge in [-0.15, -0.1) is 0 Å². The van der Waals surface area contributed by atoms with Crippen molar-refractivity contribution in [1.82, 2.24) is 10.6 Å².